The van der Waals surface area contributed by atoms with Crippen molar-refractivity contribution in [2.24, 2.45) is 5.73 Å². The molecule has 1 aromatic rings. The fraction of sp³-hybridized carbons (Fsp3) is 0.500. The number of amides is 1. The topological polar surface area (TPSA) is 84.6 Å². The first-order valence-corrected chi connectivity index (χ1v) is 6.26. The van der Waals surface area contributed by atoms with Crippen LogP contribution in [0.25, 0.3) is 0 Å². The van der Waals surface area contributed by atoms with E-state index in [1.165, 1.54) is 0 Å². The molecule has 0 saturated carbocycles. The van der Waals surface area contributed by atoms with Gasteiger partial charge in [0.05, 0.1) is 6.61 Å². The van der Waals surface area contributed by atoms with Gasteiger partial charge in [-0.15, -0.1) is 0 Å². The molecule has 5 heteroatoms. The van der Waals surface area contributed by atoms with Crippen LogP contribution in [-0.2, 0) is 11.2 Å². The number of carbonyl (C=O) groups excluding carboxylic acids is 1. The van der Waals surface area contributed by atoms with Crippen LogP contribution < -0.4 is 11.1 Å². The van der Waals surface area contributed by atoms with Crippen molar-refractivity contribution >= 4 is 11.8 Å². The van der Waals surface area contributed by atoms with Crippen LogP contribution in [0.4, 0.5) is 10.5 Å². The van der Waals surface area contributed by atoms with E-state index in [4.69, 9.17) is 15.6 Å². The molecule has 19 heavy (non-hydrogen) atoms. The van der Waals surface area contributed by atoms with Crippen molar-refractivity contribution in [1.82, 2.24) is 0 Å². The minimum Gasteiger partial charge on any atom is -0.444 e. The summed E-state index contributed by atoms with van der Waals surface area (Å²) in [5, 5.41) is 11.7. The van der Waals surface area contributed by atoms with E-state index in [1.54, 1.807) is 26.8 Å². The highest BCUT2D eigenvalue weighted by Crippen LogP contribution is 2.18. The van der Waals surface area contributed by atoms with Crippen LogP contribution in [0.1, 0.15) is 26.3 Å². The third-order valence-electron chi connectivity index (χ3n) is 2.37. The van der Waals surface area contributed by atoms with Gasteiger partial charge in [0.25, 0.3) is 0 Å². The van der Waals surface area contributed by atoms with Crippen molar-refractivity contribution in [3.8, 4) is 0 Å². The summed E-state index contributed by atoms with van der Waals surface area (Å²) < 4.78 is 5.20. The molecule has 0 heterocycles. The lowest BCUT2D eigenvalue weighted by Gasteiger charge is -2.20. The zero-order valence-electron chi connectivity index (χ0n) is 11.6. The van der Waals surface area contributed by atoms with E-state index in [2.05, 4.69) is 5.32 Å². The second-order valence-electron chi connectivity index (χ2n) is 5.43. The summed E-state index contributed by atoms with van der Waals surface area (Å²) in [6.45, 7) is 5.32. The Hall–Kier alpha value is -1.59. The van der Waals surface area contributed by atoms with Crippen LogP contribution in [0.2, 0.25) is 0 Å². The maximum absolute atomic E-state index is 11.7. The molecule has 0 aliphatic heterocycles. The Morgan fingerprint density at radius 1 is 1.42 bits per heavy atom. The number of anilines is 1. The number of hydrogen-bond acceptors (Lipinski definition) is 4. The van der Waals surface area contributed by atoms with Crippen molar-refractivity contribution < 1.29 is 14.6 Å². The van der Waals surface area contributed by atoms with Gasteiger partial charge in [-0.2, -0.15) is 0 Å². The number of aliphatic hydroxyl groups excluding tert-OH is 1. The molecule has 5 nitrogen and oxygen atoms in total. The number of rotatable bonds is 4. The molecule has 0 radical (unpaired) electrons. The Bertz CT molecular complexity index is 427. The molecule has 4 N–H and O–H groups in total. The summed E-state index contributed by atoms with van der Waals surface area (Å²) in [6.07, 6.45) is -0.0137. The van der Waals surface area contributed by atoms with Crippen LogP contribution in [0.3, 0.4) is 0 Å². The Morgan fingerprint density at radius 2 is 2.05 bits per heavy atom. The Morgan fingerprint density at radius 3 is 2.63 bits per heavy atom. The Balaban J connectivity index is 2.75. The van der Waals surface area contributed by atoms with Crippen molar-refractivity contribution in [1.29, 1.82) is 0 Å². The minimum absolute atomic E-state index is 0.0965. The number of aliphatic hydroxyl groups is 1. The molecule has 1 aromatic carbocycles. The molecule has 1 unspecified atom stereocenters. The van der Waals surface area contributed by atoms with Gasteiger partial charge in [-0.05, 0) is 38.8 Å². The summed E-state index contributed by atoms with van der Waals surface area (Å²) in [5.41, 5.74) is 6.70. The van der Waals surface area contributed by atoms with Gasteiger partial charge in [0.2, 0.25) is 0 Å². The average molecular weight is 266 g/mol. The summed E-state index contributed by atoms with van der Waals surface area (Å²) in [4.78, 5) is 11.7. The normalized spacial score (nSPS) is 12.9. The van der Waals surface area contributed by atoms with Gasteiger partial charge in [-0.25, -0.2) is 4.79 Å². The van der Waals surface area contributed by atoms with Crippen LogP contribution in [0, 0.1) is 0 Å². The average Bonchev–Trinajstić information content (AvgIpc) is 2.29. The fourth-order valence-corrected chi connectivity index (χ4v) is 1.58. The molecule has 1 rings (SSSR count). The molecule has 0 spiro atoms. The van der Waals surface area contributed by atoms with Gasteiger partial charge in [-0.1, -0.05) is 18.2 Å². The van der Waals surface area contributed by atoms with E-state index in [1.807, 2.05) is 18.2 Å². The van der Waals surface area contributed by atoms with Gasteiger partial charge < -0.3 is 15.6 Å². The van der Waals surface area contributed by atoms with E-state index < -0.39 is 11.7 Å². The SMILES string of the molecule is CC(C)(C)OC(=O)Nc1ccccc1CC(N)CO. The fourth-order valence-electron chi connectivity index (χ4n) is 1.58. The van der Waals surface area contributed by atoms with E-state index in [-0.39, 0.29) is 12.6 Å². The maximum Gasteiger partial charge on any atom is 0.412 e. The molecule has 0 aromatic heterocycles. The minimum atomic E-state index is -0.541. The van der Waals surface area contributed by atoms with E-state index in [0.717, 1.165) is 5.56 Å². The molecular weight excluding hydrogens is 244 g/mol. The first-order valence-electron chi connectivity index (χ1n) is 6.26. The molecule has 1 atom stereocenters. The standard InChI is InChI=1S/C14H22N2O3/c1-14(2,3)19-13(18)16-12-7-5-4-6-10(12)8-11(15)9-17/h4-7,11,17H,8-9,15H2,1-3H3,(H,16,18). The molecule has 106 valence electrons. The lowest BCUT2D eigenvalue weighted by Crippen LogP contribution is -2.29. The number of benzene rings is 1. The van der Waals surface area contributed by atoms with E-state index in [9.17, 15) is 4.79 Å². The van der Waals surface area contributed by atoms with Crippen LogP contribution in [-0.4, -0.2) is 29.4 Å². The first kappa shape index (κ1) is 15.5. The largest absolute Gasteiger partial charge is 0.444 e. The Kier molecular flexibility index (Phi) is 5.32. The third kappa shape index (κ3) is 5.72. The number of nitrogens with two attached hydrogens (primary N) is 1. The van der Waals surface area contributed by atoms with Crippen LogP contribution >= 0.6 is 0 Å². The maximum atomic E-state index is 11.7. The number of para-hydroxylation sites is 1. The van der Waals surface area contributed by atoms with Gasteiger partial charge in [0, 0.05) is 11.7 Å². The smallest absolute Gasteiger partial charge is 0.412 e. The predicted molar refractivity (Wildman–Crippen MR) is 75.1 cm³/mol. The lowest BCUT2D eigenvalue weighted by molar-refractivity contribution is 0.0636. The molecule has 0 fully saturated rings. The van der Waals surface area contributed by atoms with Crippen molar-refractivity contribution in [2.75, 3.05) is 11.9 Å². The third-order valence-corrected chi connectivity index (χ3v) is 2.37. The zero-order chi connectivity index (χ0) is 14.5. The molecule has 0 aliphatic rings. The predicted octanol–water partition coefficient (Wildman–Crippen LogP) is 1.90. The number of nitrogens with one attached hydrogen (secondary N) is 1. The van der Waals surface area contributed by atoms with E-state index >= 15 is 0 Å². The summed E-state index contributed by atoms with van der Waals surface area (Å²) in [6, 6.07) is 6.98. The molecule has 0 aliphatic carbocycles. The Labute approximate surface area is 113 Å². The second kappa shape index (κ2) is 6.54. The van der Waals surface area contributed by atoms with Crippen molar-refractivity contribution in [2.45, 2.75) is 38.8 Å². The highest BCUT2D eigenvalue weighted by molar-refractivity contribution is 5.85. The molecule has 0 bridgehead atoms. The number of hydrogen-bond donors (Lipinski definition) is 3. The van der Waals surface area contributed by atoms with Gasteiger partial charge in [0.1, 0.15) is 5.60 Å². The van der Waals surface area contributed by atoms with Crippen LogP contribution in [0.5, 0.6) is 0 Å². The quantitative estimate of drug-likeness (QED) is 0.777. The van der Waals surface area contributed by atoms with Crippen molar-refractivity contribution in [3.05, 3.63) is 29.8 Å². The summed E-state index contributed by atoms with van der Waals surface area (Å²) >= 11 is 0. The van der Waals surface area contributed by atoms with Crippen LogP contribution in [0.15, 0.2) is 24.3 Å². The lowest BCUT2D eigenvalue weighted by atomic mass is 10.1. The van der Waals surface area contributed by atoms with Crippen molar-refractivity contribution in [3.63, 3.8) is 0 Å². The molecular formula is C14H22N2O3. The number of ether oxygens (including phenoxy) is 1. The highest BCUT2D eigenvalue weighted by atomic mass is 16.6. The van der Waals surface area contributed by atoms with Gasteiger partial charge >= 0.3 is 6.09 Å². The summed E-state index contributed by atoms with van der Waals surface area (Å²) in [7, 11) is 0. The van der Waals surface area contributed by atoms with E-state index in [0.29, 0.717) is 12.1 Å². The summed E-state index contributed by atoms with van der Waals surface area (Å²) in [5.74, 6) is 0. The monoisotopic (exact) mass is 266 g/mol. The zero-order valence-corrected chi connectivity index (χ0v) is 11.6. The highest BCUT2D eigenvalue weighted by Gasteiger charge is 2.17. The van der Waals surface area contributed by atoms with Gasteiger partial charge in [-0.3, -0.25) is 5.32 Å². The first-order chi connectivity index (χ1) is 8.81. The number of carbonyl (C=O) groups is 1. The molecule has 1 amide bonds. The second-order valence-corrected chi connectivity index (χ2v) is 5.43. The molecule has 0 saturated heterocycles. The van der Waals surface area contributed by atoms with Gasteiger partial charge in [0.15, 0.2) is 0 Å².